The van der Waals surface area contributed by atoms with Gasteiger partial charge in [-0.3, -0.25) is 4.79 Å². The molecule has 4 nitrogen and oxygen atoms in total. The lowest BCUT2D eigenvalue weighted by molar-refractivity contribution is -0.143. The molecular formula is C21H21FN2O2. The highest BCUT2D eigenvalue weighted by molar-refractivity contribution is 6.04. The third-order valence-electron chi connectivity index (χ3n) is 5.20. The Morgan fingerprint density at radius 2 is 1.73 bits per heavy atom. The maximum absolute atomic E-state index is 13.0. The van der Waals surface area contributed by atoms with Crippen molar-refractivity contribution in [3.63, 3.8) is 0 Å². The average Bonchev–Trinajstić information content (AvgIpc) is 3.19. The van der Waals surface area contributed by atoms with Gasteiger partial charge in [-0.2, -0.15) is 0 Å². The van der Waals surface area contributed by atoms with Crippen LogP contribution in [-0.2, 0) is 9.63 Å². The van der Waals surface area contributed by atoms with Crippen molar-refractivity contribution in [1.82, 2.24) is 4.90 Å². The van der Waals surface area contributed by atoms with Gasteiger partial charge in [0, 0.05) is 19.5 Å². The SMILES string of the molecule is O=C(C1CC(c2ccc(F)cc2)=NO1)N1CCC(c2ccccc2)CC1. The first-order valence-corrected chi connectivity index (χ1v) is 9.03. The Bertz CT molecular complexity index is 797. The maximum Gasteiger partial charge on any atom is 0.266 e. The second kappa shape index (κ2) is 7.28. The highest BCUT2D eigenvalue weighted by Gasteiger charge is 2.34. The summed E-state index contributed by atoms with van der Waals surface area (Å²) in [4.78, 5) is 20.0. The van der Waals surface area contributed by atoms with E-state index in [1.54, 1.807) is 12.1 Å². The lowest BCUT2D eigenvalue weighted by Gasteiger charge is -2.33. The number of likely N-dealkylation sites (tertiary alicyclic amines) is 1. The number of halogens is 1. The van der Waals surface area contributed by atoms with Gasteiger partial charge in [-0.25, -0.2) is 4.39 Å². The van der Waals surface area contributed by atoms with Gasteiger partial charge in [-0.1, -0.05) is 47.6 Å². The number of oxime groups is 1. The Kier molecular flexibility index (Phi) is 4.69. The van der Waals surface area contributed by atoms with E-state index in [4.69, 9.17) is 4.84 Å². The van der Waals surface area contributed by atoms with E-state index in [0.29, 0.717) is 18.1 Å². The molecule has 2 aliphatic heterocycles. The Labute approximate surface area is 152 Å². The van der Waals surface area contributed by atoms with Gasteiger partial charge in [0.2, 0.25) is 6.10 Å². The van der Waals surface area contributed by atoms with Gasteiger partial charge in [0.15, 0.2) is 0 Å². The van der Waals surface area contributed by atoms with E-state index in [9.17, 15) is 9.18 Å². The van der Waals surface area contributed by atoms with Crippen molar-refractivity contribution in [3.8, 4) is 0 Å². The number of carbonyl (C=O) groups is 1. The second-order valence-electron chi connectivity index (χ2n) is 6.85. The van der Waals surface area contributed by atoms with Gasteiger partial charge < -0.3 is 9.74 Å². The van der Waals surface area contributed by atoms with E-state index in [1.165, 1.54) is 17.7 Å². The van der Waals surface area contributed by atoms with Crippen LogP contribution in [0.4, 0.5) is 4.39 Å². The minimum Gasteiger partial charge on any atom is -0.382 e. The fourth-order valence-electron chi connectivity index (χ4n) is 3.68. The van der Waals surface area contributed by atoms with Crippen LogP contribution in [0.25, 0.3) is 0 Å². The molecule has 2 aliphatic rings. The number of rotatable bonds is 3. The summed E-state index contributed by atoms with van der Waals surface area (Å²) in [7, 11) is 0. The van der Waals surface area contributed by atoms with Gasteiger partial charge in [0.05, 0.1) is 5.71 Å². The molecule has 0 N–H and O–H groups in total. The van der Waals surface area contributed by atoms with E-state index in [2.05, 4.69) is 29.4 Å². The Morgan fingerprint density at radius 3 is 2.42 bits per heavy atom. The molecule has 0 saturated carbocycles. The van der Waals surface area contributed by atoms with Crippen LogP contribution in [0.1, 0.15) is 36.3 Å². The molecule has 134 valence electrons. The maximum atomic E-state index is 13.0. The third kappa shape index (κ3) is 3.47. The van der Waals surface area contributed by atoms with Crippen LogP contribution in [0.15, 0.2) is 59.8 Å². The molecule has 1 unspecified atom stereocenters. The summed E-state index contributed by atoms with van der Waals surface area (Å²) in [6.45, 7) is 1.48. The molecule has 1 saturated heterocycles. The Hall–Kier alpha value is -2.69. The molecular weight excluding hydrogens is 331 g/mol. The number of carbonyl (C=O) groups excluding carboxylic acids is 1. The fourth-order valence-corrected chi connectivity index (χ4v) is 3.68. The van der Waals surface area contributed by atoms with E-state index in [1.807, 2.05) is 11.0 Å². The lowest BCUT2D eigenvalue weighted by atomic mass is 9.89. The molecule has 1 atom stereocenters. The Balaban J connectivity index is 1.33. The van der Waals surface area contributed by atoms with Crippen LogP contribution in [-0.4, -0.2) is 35.7 Å². The van der Waals surface area contributed by atoms with Crippen molar-refractivity contribution in [3.05, 3.63) is 71.5 Å². The highest BCUT2D eigenvalue weighted by atomic mass is 19.1. The molecule has 2 aromatic rings. The monoisotopic (exact) mass is 352 g/mol. The molecule has 1 fully saturated rings. The summed E-state index contributed by atoms with van der Waals surface area (Å²) < 4.78 is 13.0. The van der Waals surface area contributed by atoms with Crippen molar-refractivity contribution >= 4 is 11.6 Å². The van der Waals surface area contributed by atoms with Crippen LogP contribution in [0.3, 0.4) is 0 Å². The van der Waals surface area contributed by atoms with Gasteiger partial charge in [-0.15, -0.1) is 0 Å². The summed E-state index contributed by atoms with van der Waals surface area (Å²) in [5.41, 5.74) is 2.84. The molecule has 5 heteroatoms. The number of hydrogen-bond acceptors (Lipinski definition) is 3. The summed E-state index contributed by atoms with van der Waals surface area (Å²) in [5.74, 6) is 0.218. The fraction of sp³-hybridized carbons (Fsp3) is 0.333. The summed E-state index contributed by atoms with van der Waals surface area (Å²) in [6, 6.07) is 16.6. The number of benzene rings is 2. The largest absolute Gasteiger partial charge is 0.382 e. The van der Waals surface area contributed by atoms with E-state index >= 15 is 0 Å². The molecule has 2 heterocycles. The van der Waals surface area contributed by atoms with Crippen LogP contribution >= 0.6 is 0 Å². The van der Waals surface area contributed by atoms with Crippen LogP contribution in [0.2, 0.25) is 0 Å². The first-order chi connectivity index (χ1) is 12.7. The standard InChI is InChI=1S/C21H21FN2O2/c22-18-8-6-17(7-9-18)19-14-20(26-23-19)21(25)24-12-10-16(11-13-24)15-4-2-1-3-5-15/h1-9,16,20H,10-14H2. The quantitative estimate of drug-likeness (QED) is 0.845. The number of amides is 1. The number of piperidine rings is 1. The molecule has 1 amide bonds. The third-order valence-corrected chi connectivity index (χ3v) is 5.20. The van der Waals surface area contributed by atoms with Crippen LogP contribution < -0.4 is 0 Å². The zero-order valence-corrected chi connectivity index (χ0v) is 14.5. The van der Waals surface area contributed by atoms with Crippen molar-refractivity contribution in [2.45, 2.75) is 31.3 Å². The number of hydrogen-bond donors (Lipinski definition) is 0. The molecule has 0 aliphatic carbocycles. The normalized spacial score (nSPS) is 20.6. The summed E-state index contributed by atoms with van der Waals surface area (Å²) in [5, 5.41) is 4.04. The highest BCUT2D eigenvalue weighted by Crippen LogP contribution is 2.29. The average molecular weight is 352 g/mol. The van der Waals surface area contributed by atoms with Gasteiger partial charge in [0.25, 0.3) is 5.91 Å². The van der Waals surface area contributed by atoms with Gasteiger partial charge in [0.1, 0.15) is 5.82 Å². The van der Waals surface area contributed by atoms with E-state index < -0.39 is 6.10 Å². The summed E-state index contributed by atoms with van der Waals surface area (Å²) >= 11 is 0. The van der Waals surface area contributed by atoms with Crippen molar-refractivity contribution in [2.24, 2.45) is 5.16 Å². The zero-order chi connectivity index (χ0) is 17.9. The lowest BCUT2D eigenvalue weighted by Crippen LogP contribution is -2.43. The smallest absolute Gasteiger partial charge is 0.266 e. The minimum absolute atomic E-state index is 0.00243. The first kappa shape index (κ1) is 16.8. The predicted molar refractivity (Wildman–Crippen MR) is 97.4 cm³/mol. The molecule has 26 heavy (non-hydrogen) atoms. The van der Waals surface area contributed by atoms with Crippen LogP contribution in [0, 0.1) is 5.82 Å². The minimum atomic E-state index is -0.566. The second-order valence-corrected chi connectivity index (χ2v) is 6.85. The summed E-state index contributed by atoms with van der Waals surface area (Å²) in [6.07, 6.45) is 1.80. The van der Waals surface area contributed by atoms with Gasteiger partial charge >= 0.3 is 0 Å². The molecule has 0 spiro atoms. The number of nitrogens with zero attached hydrogens (tertiary/aromatic N) is 2. The molecule has 4 rings (SSSR count). The zero-order valence-electron chi connectivity index (χ0n) is 14.5. The van der Waals surface area contributed by atoms with Crippen LogP contribution in [0.5, 0.6) is 0 Å². The molecule has 2 aromatic carbocycles. The molecule has 0 aromatic heterocycles. The first-order valence-electron chi connectivity index (χ1n) is 9.03. The van der Waals surface area contributed by atoms with E-state index in [-0.39, 0.29) is 11.7 Å². The van der Waals surface area contributed by atoms with Crippen molar-refractivity contribution < 1.29 is 14.0 Å². The predicted octanol–water partition coefficient (Wildman–Crippen LogP) is 3.72. The van der Waals surface area contributed by atoms with Gasteiger partial charge in [-0.05, 0) is 42.0 Å². The van der Waals surface area contributed by atoms with E-state index in [0.717, 1.165) is 31.5 Å². The topological polar surface area (TPSA) is 41.9 Å². The van der Waals surface area contributed by atoms with Crippen molar-refractivity contribution in [1.29, 1.82) is 0 Å². The molecule has 0 radical (unpaired) electrons. The van der Waals surface area contributed by atoms with Crippen molar-refractivity contribution in [2.75, 3.05) is 13.1 Å². The molecule has 0 bridgehead atoms. The Morgan fingerprint density at radius 1 is 1.04 bits per heavy atom.